The van der Waals surface area contributed by atoms with E-state index in [1.807, 2.05) is 47.2 Å². The number of carbonyl (C=O) groups is 1. The van der Waals surface area contributed by atoms with Crippen molar-refractivity contribution in [1.82, 2.24) is 5.32 Å². The first kappa shape index (κ1) is 17.1. The fourth-order valence-electron chi connectivity index (χ4n) is 3.01. The van der Waals surface area contributed by atoms with E-state index in [1.165, 1.54) is 11.3 Å². The van der Waals surface area contributed by atoms with Gasteiger partial charge in [-0.15, -0.1) is 0 Å². The molecule has 2 aromatic rings. The van der Waals surface area contributed by atoms with E-state index in [-0.39, 0.29) is 18.6 Å². The Labute approximate surface area is 146 Å². The van der Waals surface area contributed by atoms with Crippen molar-refractivity contribution in [2.45, 2.75) is 44.0 Å². The average molecular weight is 345 g/mol. The number of amides is 1. The van der Waals surface area contributed by atoms with Gasteiger partial charge in [-0.25, -0.2) is 0 Å². The van der Waals surface area contributed by atoms with Crippen molar-refractivity contribution >= 4 is 17.2 Å². The summed E-state index contributed by atoms with van der Waals surface area (Å²) < 4.78 is 6.09. The van der Waals surface area contributed by atoms with Crippen LogP contribution in [0.2, 0.25) is 0 Å². The van der Waals surface area contributed by atoms with Crippen molar-refractivity contribution in [2.75, 3.05) is 6.54 Å². The summed E-state index contributed by atoms with van der Waals surface area (Å²) in [5.41, 5.74) is 1.68. The van der Waals surface area contributed by atoms with Gasteiger partial charge in [0.2, 0.25) is 0 Å². The molecule has 1 aliphatic carbocycles. The van der Waals surface area contributed by atoms with Crippen molar-refractivity contribution in [2.24, 2.45) is 0 Å². The zero-order valence-electron chi connectivity index (χ0n) is 13.6. The molecule has 3 rings (SSSR count). The molecular weight excluding hydrogens is 322 g/mol. The lowest BCUT2D eigenvalue weighted by molar-refractivity contribution is -0.137. The maximum absolute atomic E-state index is 12.7. The first-order valence-electron chi connectivity index (χ1n) is 8.42. The summed E-state index contributed by atoms with van der Waals surface area (Å²) in [6.07, 6.45) is 3.16. The number of rotatable bonds is 7. The minimum atomic E-state index is -0.692. The number of nitrogens with one attached hydrogen (secondary N) is 1. The van der Waals surface area contributed by atoms with E-state index in [4.69, 9.17) is 4.74 Å². The molecule has 0 aliphatic heterocycles. The van der Waals surface area contributed by atoms with Gasteiger partial charge in [0.15, 0.2) is 6.10 Å². The van der Waals surface area contributed by atoms with Crippen LogP contribution in [0, 0.1) is 0 Å². The predicted octanol–water partition coefficient (Wildman–Crippen LogP) is 3.60. The number of hydrogen-bond donors (Lipinski definition) is 2. The topological polar surface area (TPSA) is 58.6 Å². The fraction of sp³-hybridized carbons (Fsp3) is 0.421. The third-order valence-electron chi connectivity index (χ3n) is 4.37. The lowest BCUT2D eigenvalue weighted by atomic mass is 10.1. The minimum absolute atomic E-state index is 0.141. The Kier molecular flexibility index (Phi) is 6.01. The Balaban J connectivity index is 1.64. The van der Waals surface area contributed by atoms with Gasteiger partial charge in [-0.05, 0) is 40.8 Å². The molecule has 1 heterocycles. The van der Waals surface area contributed by atoms with E-state index in [9.17, 15) is 9.90 Å². The van der Waals surface area contributed by atoms with Crippen molar-refractivity contribution in [1.29, 1.82) is 0 Å². The highest BCUT2D eigenvalue weighted by Gasteiger charge is 2.27. The summed E-state index contributed by atoms with van der Waals surface area (Å²) in [6, 6.07) is 11.4. The van der Waals surface area contributed by atoms with Gasteiger partial charge in [0.1, 0.15) is 0 Å². The molecule has 1 amide bonds. The zero-order chi connectivity index (χ0) is 16.8. The third-order valence-corrected chi connectivity index (χ3v) is 5.07. The van der Waals surface area contributed by atoms with Crippen molar-refractivity contribution in [3.8, 4) is 0 Å². The highest BCUT2D eigenvalue weighted by Crippen LogP contribution is 2.28. The van der Waals surface area contributed by atoms with Gasteiger partial charge in [0.05, 0.1) is 12.2 Å². The van der Waals surface area contributed by atoms with Crippen LogP contribution in [0.25, 0.3) is 0 Å². The quantitative estimate of drug-likeness (QED) is 0.806. The number of aliphatic hydroxyl groups excluding tert-OH is 1. The van der Waals surface area contributed by atoms with Crippen molar-refractivity contribution < 1.29 is 14.6 Å². The molecule has 0 bridgehead atoms. The average Bonchev–Trinajstić information content (AvgIpc) is 3.31. The number of carbonyl (C=O) groups excluding carboxylic acids is 1. The van der Waals surface area contributed by atoms with Crippen LogP contribution in [0.1, 0.15) is 49.0 Å². The number of benzene rings is 1. The molecule has 5 heteroatoms. The first-order valence-corrected chi connectivity index (χ1v) is 9.36. The summed E-state index contributed by atoms with van der Waals surface area (Å²) in [6.45, 7) is 0.187. The van der Waals surface area contributed by atoms with Crippen molar-refractivity contribution in [3.05, 3.63) is 58.3 Å². The normalized spacial score (nSPS) is 17.5. The van der Waals surface area contributed by atoms with Crippen LogP contribution in [-0.2, 0) is 9.53 Å². The molecule has 2 N–H and O–H groups in total. The Morgan fingerprint density at radius 1 is 1.21 bits per heavy atom. The summed E-state index contributed by atoms with van der Waals surface area (Å²) in [5, 5.41) is 16.8. The Bertz CT molecular complexity index is 623. The molecule has 0 spiro atoms. The minimum Gasteiger partial charge on any atom is -0.387 e. The first-order chi connectivity index (χ1) is 11.7. The molecule has 1 aliphatic rings. The molecule has 2 unspecified atom stereocenters. The van der Waals surface area contributed by atoms with E-state index in [0.717, 1.165) is 36.8 Å². The second-order valence-corrected chi connectivity index (χ2v) is 6.93. The van der Waals surface area contributed by atoms with Crippen LogP contribution in [0.4, 0.5) is 0 Å². The van der Waals surface area contributed by atoms with Crippen LogP contribution >= 0.6 is 11.3 Å². The molecule has 128 valence electrons. The van der Waals surface area contributed by atoms with Gasteiger partial charge >= 0.3 is 0 Å². The molecule has 4 nitrogen and oxygen atoms in total. The van der Waals surface area contributed by atoms with E-state index in [2.05, 4.69) is 5.32 Å². The van der Waals surface area contributed by atoms with Gasteiger partial charge in [-0.2, -0.15) is 11.3 Å². The zero-order valence-corrected chi connectivity index (χ0v) is 14.4. The maximum atomic E-state index is 12.7. The second kappa shape index (κ2) is 8.42. The fourth-order valence-corrected chi connectivity index (χ4v) is 3.72. The Morgan fingerprint density at radius 3 is 2.62 bits per heavy atom. The molecule has 2 atom stereocenters. The van der Waals surface area contributed by atoms with Crippen LogP contribution in [0.3, 0.4) is 0 Å². The largest absolute Gasteiger partial charge is 0.387 e. The number of thiophene rings is 1. The van der Waals surface area contributed by atoms with E-state index in [0.29, 0.717) is 0 Å². The number of hydrogen-bond acceptors (Lipinski definition) is 4. The highest BCUT2D eigenvalue weighted by atomic mass is 32.1. The highest BCUT2D eigenvalue weighted by molar-refractivity contribution is 7.07. The van der Waals surface area contributed by atoms with E-state index in [1.54, 1.807) is 0 Å². The molecular formula is C19H23NO3S. The number of ether oxygens (including phenoxy) is 1. The second-order valence-electron chi connectivity index (χ2n) is 6.15. The maximum Gasteiger partial charge on any atom is 0.253 e. The van der Waals surface area contributed by atoms with Gasteiger partial charge in [-0.3, -0.25) is 4.79 Å². The third kappa shape index (κ3) is 4.44. The standard InChI is InChI=1S/C19H23NO3S/c21-17(15-10-11-24-13-15)12-20-19(22)18(14-6-2-1-3-7-14)23-16-8-4-5-9-16/h1-3,6-7,10-11,13,16-18,21H,4-5,8-9,12H2,(H,20,22). The summed E-state index contributed by atoms with van der Waals surface area (Å²) >= 11 is 1.53. The summed E-state index contributed by atoms with van der Waals surface area (Å²) in [5.74, 6) is -0.192. The Morgan fingerprint density at radius 2 is 1.96 bits per heavy atom. The number of aliphatic hydroxyl groups is 1. The SMILES string of the molecule is O=C(NCC(O)c1ccsc1)C(OC1CCCC1)c1ccccc1. The van der Waals surface area contributed by atoms with Crippen LogP contribution < -0.4 is 5.32 Å². The Hall–Kier alpha value is -1.69. The van der Waals surface area contributed by atoms with E-state index < -0.39 is 12.2 Å². The van der Waals surface area contributed by atoms with Crippen LogP contribution in [0.5, 0.6) is 0 Å². The molecule has 1 saturated carbocycles. The molecule has 1 fully saturated rings. The van der Waals surface area contributed by atoms with Crippen molar-refractivity contribution in [3.63, 3.8) is 0 Å². The molecule has 0 saturated heterocycles. The van der Waals surface area contributed by atoms with Crippen LogP contribution in [0.15, 0.2) is 47.2 Å². The lowest BCUT2D eigenvalue weighted by Gasteiger charge is -2.22. The van der Waals surface area contributed by atoms with Gasteiger partial charge < -0.3 is 15.2 Å². The monoisotopic (exact) mass is 345 g/mol. The lowest BCUT2D eigenvalue weighted by Crippen LogP contribution is -2.35. The van der Waals surface area contributed by atoms with E-state index >= 15 is 0 Å². The summed E-state index contributed by atoms with van der Waals surface area (Å²) in [7, 11) is 0. The summed E-state index contributed by atoms with van der Waals surface area (Å²) in [4.78, 5) is 12.7. The van der Waals surface area contributed by atoms with Gasteiger partial charge in [0, 0.05) is 6.54 Å². The molecule has 1 aromatic carbocycles. The molecule has 0 radical (unpaired) electrons. The van der Waals surface area contributed by atoms with Crippen LogP contribution in [-0.4, -0.2) is 23.7 Å². The smallest absolute Gasteiger partial charge is 0.253 e. The molecule has 1 aromatic heterocycles. The predicted molar refractivity (Wildman–Crippen MR) is 94.8 cm³/mol. The van der Waals surface area contributed by atoms with Gasteiger partial charge in [0.25, 0.3) is 5.91 Å². The van der Waals surface area contributed by atoms with Gasteiger partial charge in [-0.1, -0.05) is 43.2 Å². The molecule has 24 heavy (non-hydrogen) atoms.